The number of nitro groups is 1. The van der Waals surface area contributed by atoms with Crippen LogP contribution in [-0.4, -0.2) is 75.9 Å². The highest BCUT2D eigenvalue weighted by Crippen LogP contribution is 2.55. The molecule has 2 aromatic heterocycles. The summed E-state index contributed by atoms with van der Waals surface area (Å²) in [7, 11) is -0.696. The van der Waals surface area contributed by atoms with E-state index in [2.05, 4.69) is 41.6 Å². The van der Waals surface area contributed by atoms with Gasteiger partial charge < -0.3 is 20.4 Å². The lowest BCUT2D eigenvalue weighted by molar-refractivity contribution is -0.384. The van der Waals surface area contributed by atoms with Crippen LogP contribution in [0, 0.1) is 15.5 Å². The third-order valence-electron chi connectivity index (χ3n) is 11.5. The maximum Gasteiger partial charge on any atom is 0.294 e. The van der Waals surface area contributed by atoms with Crippen LogP contribution >= 0.6 is 11.6 Å². The summed E-state index contributed by atoms with van der Waals surface area (Å²) in [5, 5.41) is 13.3. The molecule has 57 heavy (non-hydrogen) atoms. The Bertz CT molecular complexity index is 2440. The van der Waals surface area contributed by atoms with Gasteiger partial charge in [-0.25, -0.2) is 9.19 Å². The Morgan fingerprint density at radius 3 is 2.61 bits per heavy atom. The number of carbonyl (C=O) groups excluding carboxylic acids is 1. The number of anilines is 2. The normalized spacial score (nSPS) is 17.5. The molecule has 0 radical (unpaired) electrons. The molecular formula is C42H43ClN8O5S. The molecule has 1 atom stereocenters. The van der Waals surface area contributed by atoms with Crippen LogP contribution < -0.4 is 20.1 Å². The number of nitrogens with zero attached hydrogens (tertiary/aromatic N) is 5. The number of hydrogen-bond acceptors (Lipinski definition) is 10. The molecular weight excluding hydrogens is 764 g/mol. The van der Waals surface area contributed by atoms with E-state index in [0.29, 0.717) is 16.8 Å². The summed E-state index contributed by atoms with van der Waals surface area (Å²) >= 11 is 6.27. The van der Waals surface area contributed by atoms with E-state index < -0.39 is 27.5 Å². The number of fused-ring (bicyclic) bond motifs is 1. The number of halogens is 1. The number of allylic oxidation sites excluding steroid dienone is 1. The first-order chi connectivity index (χ1) is 27.6. The monoisotopic (exact) mass is 806 g/mol. The molecule has 8 rings (SSSR count). The Morgan fingerprint density at radius 1 is 1.11 bits per heavy atom. The molecule has 1 spiro atoms. The fourth-order valence-electron chi connectivity index (χ4n) is 8.24. The highest BCUT2D eigenvalue weighted by Gasteiger charge is 2.41. The van der Waals surface area contributed by atoms with Crippen LogP contribution in [0.1, 0.15) is 60.0 Å². The van der Waals surface area contributed by atoms with Crippen molar-refractivity contribution in [2.24, 2.45) is 10.4 Å². The number of hydrogen-bond donors (Lipinski definition) is 3. The lowest BCUT2D eigenvalue weighted by atomic mass is 9.59. The van der Waals surface area contributed by atoms with Gasteiger partial charge in [0.1, 0.15) is 22.8 Å². The van der Waals surface area contributed by atoms with E-state index in [-0.39, 0.29) is 27.5 Å². The lowest BCUT2D eigenvalue weighted by Gasteiger charge is -2.47. The third-order valence-corrected chi connectivity index (χ3v) is 12.8. The van der Waals surface area contributed by atoms with Crippen LogP contribution in [0.15, 0.2) is 94.6 Å². The fourth-order valence-corrected chi connectivity index (χ4v) is 9.22. The minimum atomic E-state index is -2.18. The van der Waals surface area contributed by atoms with Gasteiger partial charge in [0, 0.05) is 86.0 Å². The Morgan fingerprint density at radius 2 is 1.89 bits per heavy atom. The molecule has 5 aromatic rings. The first kappa shape index (κ1) is 38.3. The minimum Gasteiger partial charge on any atom is -0.455 e. The van der Waals surface area contributed by atoms with Crippen LogP contribution in [0.3, 0.4) is 0 Å². The zero-order valence-electron chi connectivity index (χ0n) is 31.5. The van der Waals surface area contributed by atoms with Gasteiger partial charge in [-0.1, -0.05) is 35.7 Å². The molecule has 0 bridgehead atoms. The molecule has 3 aromatic carbocycles. The first-order valence-electron chi connectivity index (χ1n) is 19.0. The minimum absolute atomic E-state index is 0.00922. The maximum absolute atomic E-state index is 13.8. The predicted molar refractivity (Wildman–Crippen MR) is 225 cm³/mol. The standard InChI is InChI=1S/C42H43ClN8O5S/c1-45-24-30-20-34(22-37(39(30)44)51(53)54)57(55)48-41(52)35-8-7-32(21-38(35)56-33-19-28-10-14-46-40(28)47-25-33)50-17-15-49(16-18-50)26-29-9-13-42(11-2-12-42)23-36(29)27-3-5-31(43)6-4-27/h3-8,10,14,19-22,24-25H,2,9,11-13,15-18,23,26,44H2,1H3,(H,46,47)(H,48,52). The second-order valence-electron chi connectivity index (χ2n) is 15.0. The summed E-state index contributed by atoms with van der Waals surface area (Å²) in [6.07, 6.45) is 12.2. The van der Waals surface area contributed by atoms with Crippen molar-refractivity contribution in [1.29, 1.82) is 0 Å². The van der Waals surface area contributed by atoms with E-state index in [4.69, 9.17) is 22.1 Å². The van der Waals surface area contributed by atoms with Gasteiger partial charge in [0.15, 0.2) is 11.0 Å². The number of nitrogen functional groups attached to an aromatic ring is 1. The van der Waals surface area contributed by atoms with E-state index >= 15 is 0 Å². The highest BCUT2D eigenvalue weighted by atomic mass is 35.5. The number of aliphatic imine (C=N–C) groups is 1. The number of aromatic amines is 1. The Hall–Kier alpha value is -5.57. The number of ether oxygens (including phenoxy) is 1. The van der Waals surface area contributed by atoms with Crippen LogP contribution in [-0.2, 0) is 11.0 Å². The number of carbonyl (C=O) groups is 1. The van der Waals surface area contributed by atoms with Gasteiger partial charge >= 0.3 is 0 Å². The van der Waals surface area contributed by atoms with Gasteiger partial charge in [-0.3, -0.25) is 29.5 Å². The number of H-pyrrole nitrogens is 1. The zero-order valence-corrected chi connectivity index (χ0v) is 33.1. The number of nitrogens with one attached hydrogen (secondary N) is 2. The predicted octanol–water partition coefficient (Wildman–Crippen LogP) is 7.93. The Labute approximate surface area is 337 Å². The summed E-state index contributed by atoms with van der Waals surface area (Å²) in [6, 6.07) is 19.8. The van der Waals surface area contributed by atoms with E-state index in [9.17, 15) is 19.1 Å². The molecule has 15 heteroatoms. The van der Waals surface area contributed by atoms with Crippen molar-refractivity contribution >= 4 is 68.4 Å². The van der Waals surface area contributed by atoms with Crippen molar-refractivity contribution in [3.63, 3.8) is 0 Å². The summed E-state index contributed by atoms with van der Waals surface area (Å²) in [5.74, 6) is -0.0348. The van der Waals surface area contributed by atoms with Crippen LogP contribution in [0.5, 0.6) is 11.5 Å². The molecule has 1 aliphatic heterocycles. The van der Waals surface area contributed by atoms with Gasteiger partial charge in [-0.15, -0.1) is 0 Å². The SMILES string of the molecule is CN=Cc1cc(S(=O)NC(=O)c2ccc(N3CCN(CC4=C(c5ccc(Cl)cc5)CC5(CCC5)CC4)CC3)cc2Oc2cnc3[nH]ccc3c2)cc([N+](=O)[O-])c1N. The van der Waals surface area contributed by atoms with E-state index in [1.807, 2.05) is 36.4 Å². The zero-order chi connectivity index (χ0) is 39.7. The van der Waals surface area contributed by atoms with Gasteiger partial charge in [0.2, 0.25) is 0 Å². The molecule has 3 heterocycles. The molecule has 4 N–H and O–H groups in total. The maximum atomic E-state index is 13.8. The Balaban J connectivity index is 1.02. The summed E-state index contributed by atoms with van der Waals surface area (Å²) < 4.78 is 22.3. The molecule has 294 valence electrons. The lowest BCUT2D eigenvalue weighted by Crippen LogP contribution is -2.47. The van der Waals surface area contributed by atoms with E-state index in [1.54, 1.807) is 18.5 Å². The van der Waals surface area contributed by atoms with Crippen molar-refractivity contribution in [3.05, 3.63) is 117 Å². The van der Waals surface area contributed by atoms with Gasteiger partial charge in [-0.05, 0) is 91.1 Å². The fraction of sp³-hybridized carbons (Fsp3) is 0.310. The number of piperazine rings is 1. The number of rotatable bonds is 11. The van der Waals surface area contributed by atoms with E-state index in [1.165, 1.54) is 61.7 Å². The quantitative estimate of drug-likeness (QED) is 0.0519. The molecule has 13 nitrogen and oxygen atoms in total. The number of nitrogens with two attached hydrogens (primary N) is 1. The van der Waals surface area contributed by atoms with Crippen LogP contribution in [0.2, 0.25) is 5.02 Å². The largest absolute Gasteiger partial charge is 0.455 e. The van der Waals surface area contributed by atoms with Gasteiger partial charge in [0.25, 0.3) is 11.6 Å². The number of aromatic nitrogens is 2. The number of amides is 1. The van der Waals surface area contributed by atoms with Gasteiger partial charge in [-0.2, -0.15) is 0 Å². The first-order valence-corrected chi connectivity index (χ1v) is 20.5. The molecule has 1 amide bonds. The van der Waals surface area contributed by atoms with Gasteiger partial charge in [0.05, 0.1) is 21.6 Å². The second-order valence-corrected chi connectivity index (χ2v) is 16.7. The van der Waals surface area contributed by atoms with Crippen molar-refractivity contribution in [2.45, 2.75) is 43.4 Å². The average Bonchev–Trinajstić information content (AvgIpc) is 3.67. The summed E-state index contributed by atoms with van der Waals surface area (Å²) in [5.41, 5.74) is 12.1. The molecule has 2 aliphatic carbocycles. The molecule has 1 unspecified atom stereocenters. The van der Waals surface area contributed by atoms with E-state index in [0.717, 1.165) is 67.7 Å². The second kappa shape index (κ2) is 16.1. The third kappa shape index (κ3) is 8.16. The van der Waals surface area contributed by atoms with Crippen LogP contribution in [0.25, 0.3) is 16.6 Å². The molecule has 1 saturated carbocycles. The highest BCUT2D eigenvalue weighted by molar-refractivity contribution is 7.83. The van der Waals surface area contributed by atoms with Crippen molar-refractivity contribution in [2.75, 3.05) is 50.4 Å². The molecule has 1 saturated heterocycles. The van der Waals surface area contributed by atoms with Crippen LogP contribution in [0.4, 0.5) is 17.1 Å². The molecule has 3 aliphatic rings. The topological polar surface area (TPSA) is 172 Å². The number of pyridine rings is 1. The summed E-state index contributed by atoms with van der Waals surface area (Å²) in [6.45, 7) is 4.22. The molecule has 2 fully saturated rings. The van der Waals surface area contributed by atoms with Crippen molar-refractivity contribution in [1.82, 2.24) is 19.6 Å². The number of benzene rings is 3. The smallest absolute Gasteiger partial charge is 0.294 e. The Kier molecular flexibility index (Phi) is 10.8. The number of nitro benzene ring substituents is 1. The van der Waals surface area contributed by atoms with Crippen molar-refractivity contribution < 1.29 is 18.7 Å². The summed E-state index contributed by atoms with van der Waals surface area (Å²) in [4.78, 5) is 41.1. The average molecular weight is 807 g/mol. The van der Waals surface area contributed by atoms with Crippen molar-refractivity contribution in [3.8, 4) is 11.5 Å².